The van der Waals surface area contributed by atoms with E-state index in [0.29, 0.717) is 45.2 Å². The summed E-state index contributed by atoms with van der Waals surface area (Å²) in [5.74, 6) is -5.53. The number of nitrogens with zero attached hydrogens (tertiary/aromatic N) is 4. The van der Waals surface area contributed by atoms with Crippen LogP contribution in [0.25, 0.3) is 11.0 Å². The largest absolute Gasteiger partial charge is 0.494 e. The maximum absolute atomic E-state index is 13.8. The third kappa shape index (κ3) is 8.13. The molecule has 1 aromatic carbocycles. The predicted octanol–water partition coefficient (Wildman–Crippen LogP) is 0.128. The molecular formula is C28H24N4O13S6. The van der Waals surface area contributed by atoms with E-state index in [1.807, 2.05) is 6.07 Å². The number of rotatable bonds is 12. The van der Waals surface area contributed by atoms with Crippen molar-refractivity contribution in [3.8, 4) is 0 Å². The van der Waals surface area contributed by atoms with Gasteiger partial charge in [-0.3, -0.25) is 47.4 Å². The number of carboxylic acids is 3. The first-order chi connectivity index (χ1) is 24.0. The molecule has 2 aliphatic rings. The summed E-state index contributed by atoms with van der Waals surface area (Å²) in [7, 11) is -2.93. The molecule has 270 valence electrons. The monoisotopic (exact) mass is 816 g/mol. The van der Waals surface area contributed by atoms with Crippen molar-refractivity contribution in [2.75, 3.05) is 30.9 Å². The number of carboxylic acid groups (broad SMARTS) is 3. The number of anilines is 1. The van der Waals surface area contributed by atoms with Crippen molar-refractivity contribution < 1.29 is 52.2 Å². The lowest BCUT2D eigenvalue weighted by atomic mass is 10.2. The van der Waals surface area contributed by atoms with Crippen LogP contribution in [0.4, 0.5) is 5.69 Å². The molecule has 2 aromatic heterocycles. The molecule has 0 radical (unpaired) electrons. The van der Waals surface area contributed by atoms with Gasteiger partial charge in [-0.1, -0.05) is 47.9 Å². The van der Waals surface area contributed by atoms with E-state index in [1.54, 1.807) is 23.1 Å². The average molecular weight is 817 g/mol. The van der Waals surface area contributed by atoms with E-state index in [4.69, 9.17) is 17.0 Å². The minimum Gasteiger partial charge on any atom is -0.494 e. The number of hydrogen-bond donors (Lipinski definition) is 4. The zero-order chi connectivity index (χ0) is 37.4. The van der Waals surface area contributed by atoms with Gasteiger partial charge in [-0.05, 0) is 18.6 Å². The van der Waals surface area contributed by atoms with Crippen LogP contribution in [0.15, 0.2) is 49.5 Å². The molecule has 1 saturated heterocycles. The number of aromatic nitrogens is 2. The van der Waals surface area contributed by atoms with Crippen LogP contribution in [0.2, 0.25) is 0 Å². The molecule has 4 heterocycles. The van der Waals surface area contributed by atoms with E-state index in [1.165, 1.54) is 24.9 Å². The van der Waals surface area contributed by atoms with E-state index in [-0.39, 0.29) is 46.3 Å². The van der Waals surface area contributed by atoms with Gasteiger partial charge in [0.05, 0.1) is 23.1 Å². The van der Waals surface area contributed by atoms with Crippen molar-refractivity contribution in [3.63, 3.8) is 0 Å². The normalized spacial score (nSPS) is 17.6. The molecule has 51 heavy (non-hydrogen) atoms. The summed E-state index contributed by atoms with van der Waals surface area (Å²) in [6, 6.07) is 7.16. The third-order valence-corrected chi connectivity index (χ3v) is 13.0. The number of thioether (sulfide) groups is 2. The fourth-order valence-corrected chi connectivity index (χ4v) is 10.4. The molecule has 1 amide bonds. The number of thiocarbonyl (C=S) groups is 1. The van der Waals surface area contributed by atoms with Gasteiger partial charge >= 0.3 is 17.9 Å². The number of para-hydroxylation sites is 1. The number of benzene rings is 1. The van der Waals surface area contributed by atoms with Crippen LogP contribution in [-0.2, 0) is 47.1 Å². The van der Waals surface area contributed by atoms with Gasteiger partial charge in [0.15, 0.2) is 5.76 Å². The Morgan fingerprint density at radius 1 is 0.882 bits per heavy atom. The van der Waals surface area contributed by atoms with Gasteiger partial charge in [0.2, 0.25) is 0 Å². The summed E-state index contributed by atoms with van der Waals surface area (Å²) >= 11 is 8.39. The maximum atomic E-state index is 13.8. The Morgan fingerprint density at radius 2 is 1.51 bits per heavy atom. The molecule has 4 N–H and O–H groups in total. The molecule has 5 rings (SSSR count). The van der Waals surface area contributed by atoms with E-state index in [9.17, 15) is 57.1 Å². The Balaban J connectivity index is 1.78. The van der Waals surface area contributed by atoms with Crippen molar-refractivity contribution in [1.82, 2.24) is 14.0 Å². The lowest BCUT2D eigenvalue weighted by molar-refractivity contribution is -0.140. The van der Waals surface area contributed by atoms with Crippen molar-refractivity contribution in [2.45, 2.75) is 24.4 Å². The molecule has 3 aromatic rings. The number of thiazole rings is 2. The van der Waals surface area contributed by atoms with Crippen LogP contribution in [0, 0.1) is 9.20 Å². The Kier molecular flexibility index (Phi) is 11.3. The minimum absolute atomic E-state index is 0.0324. The molecule has 0 unspecified atom stereocenters. The molecule has 0 atom stereocenters. The second kappa shape index (κ2) is 15.1. The average Bonchev–Trinajstić information content (AvgIpc) is 3.73. The van der Waals surface area contributed by atoms with Crippen molar-refractivity contribution in [1.29, 1.82) is 0 Å². The molecule has 1 fully saturated rings. The van der Waals surface area contributed by atoms with Gasteiger partial charge in [0.1, 0.15) is 47.7 Å². The van der Waals surface area contributed by atoms with Gasteiger partial charge in [0, 0.05) is 17.5 Å². The standard InChI is InChI=1S/C28H24N4O13S6/c1-45-14(25-29(7-4-8-51(42,43)44)13-5-2-3-6-15(13)47-25)9-16-22(39)30(10-17(33)34)26(48-16)20-23(40)31(11-18(35)36)27(49-20)21-24(41)32(12-19(37)38)28(46)50-21/h2-3,5-6,9H,4,7-8,10-12H2,1H3,(H,33,34)(H,35,36)(H,37,38)(H,42,43,44)/b16-9?,25-14?,26-20+,27-21+. The highest BCUT2D eigenvalue weighted by molar-refractivity contribution is 8.30. The van der Waals surface area contributed by atoms with Crippen LogP contribution < -0.4 is 25.2 Å². The van der Waals surface area contributed by atoms with Crippen molar-refractivity contribution >= 4 is 113 Å². The number of carbonyl (C=O) groups excluding carboxylic acids is 1. The molecule has 0 saturated carbocycles. The fourth-order valence-electron chi connectivity index (χ4n) is 4.93. The summed E-state index contributed by atoms with van der Waals surface area (Å²) in [6.45, 7) is -2.47. The van der Waals surface area contributed by atoms with Crippen LogP contribution >= 0.6 is 58.4 Å². The first-order valence-electron chi connectivity index (χ1n) is 14.2. The molecule has 0 spiro atoms. The van der Waals surface area contributed by atoms with Gasteiger partial charge in [-0.25, -0.2) is 0 Å². The zero-order valence-electron chi connectivity index (χ0n) is 25.8. The van der Waals surface area contributed by atoms with Crippen molar-refractivity contribution in [3.05, 3.63) is 74.2 Å². The summed E-state index contributed by atoms with van der Waals surface area (Å²) < 4.78 is 38.4. The van der Waals surface area contributed by atoms with Gasteiger partial charge in [-0.2, -0.15) is 8.42 Å². The van der Waals surface area contributed by atoms with Gasteiger partial charge in [0.25, 0.3) is 27.1 Å². The Hall–Kier alpha value is -4.26. The smallest absolute Gasteiger partial charge is 0.323 e. The molecule has 0 bridgehead atoms. The van der Waals surface area contributed by atoms with E-state index >= 15 is 0 Å². The summed E-state index contributed by atoms with van der Waals surface area (Å²) in [6.07, 6.45) is 1.36. The number of allylic oxidation sites excluding steroid dienone is 1. The first kappa shape index (κ1) is 38.0. The number of methoxy groups -OCH3 is 1. The Labute approximate surface area is 307 Å². The molecule has 0 aliphatic carbocycles. The highest BCUT2D eigenvalue weighted by Crippen LogP contribution is 2.47. The summed E-state index contributed by atoms with van der Waals surface area (Å²) in [5.41, 5.74) is -1.09. The Bertz CT molecular complexity index is 2500. The topological polar surface area (TPSA) is 243 Å². The van der Waals surface area contributed by atoms with E-state index < -0.39 is 70.4 Å². The number of aliphatic carboxylic acids is 3. The first-order valence-corrected chi connectivity index (χ1v) is 19.5. The molecule has 17 nitrogen and oxygen atoms in total. The van der Waals surface area contributed by atoms with E-state index in [2.05, 4.69) is 0 Å². The van der Waals surface area contributed by atoms with Crippen molar-refractivity contribution in [2.24, 2.45) is 0 Å². The van der Waals surface area contributed by atoms with Gasteiger partial charge < -0.3 is 25.0 Å². The number of carbonyl (C=O) groups is 4. The van der Waals surface area contributed by atoms with E-state index in [0.717, 1.165) is 18.9 Å². The highest BCUT2D eigenvalue weighted by Gasteiger charge is 2.36. The van der Waals surface area contributed by atoms with Crippen LogP contribution in [0.3, 0.4) is 0 Å². The van der Waals surface area contributed by atoms with Crippen LogP contribution in [-0.4, -0.2) is 96.4 Å². The minimum atomic E-state index is -4.25. The van der Waals surface area contributed by atoms with Crippen LogP contribution in [0.1, 0.15) is 6.42 Å². The predicted molar refractivity (Wildman–Crippen MR) is 191 cm³/mol. The number of fused-ring (bicyclic) bond motifs is 1. The fraction of sp³-hybridized carbons (Fsp3) is 0.250. The number of ether oxygens (including phenoxy) is 1. The third-order valence-electron chi connectivity index (χ3n) is 6.99. The highest BCUT2D eigenvalue weighted by atomic mass is 32.2. The number of hydrogen-bond acceptors (Lipinski definition) is 15. The summed E-state index contributed by atoms with van der Waals surface area (Å²) in [4.78, 5) is 78.8. The van der Waals surface area contributed by atoms with Gasteiger partial charge in [-0.15, -0.1) is 22.7 Å². The maximum Gasteiger partial charge on any atom is 0.323 e. The quantitative estimate of drug-likeness (QED) is 0.108. The summed E-state index contributed by atoms with van der Waals surface area (Å²) in [5, 5.41) is 28.9. The lowest BCUT2D eigenvalue weighted by Gasteiger charge is -2.21. The van der Waals surface area contributed by atoms with Crippen LogP contribution in [0.5, 0.6) is 0 Å². The number of amides is 1. The second-order valence-corrected chi connectivity index (χ2v) is 16.7. The zero-order valence-corrected chi connectivity index (χ0v) is 30.7. The molecule has 2 aliphatic heterocycles. The second-order valence-electron chi connectivity index (χ2n) is 10.4. The SMILES string of the molecule is COC(C=c1s/c(=c2/s/c(=C3/SC(=S)N(CC(=O)O)C3=O)n(CC(=O)O)c2=O)n(CC(=O)O)c1=O)=C1Sc2ccccc2N1CCCS(=O)(=O)O. The Morgan fingerprint density at radius 3 is 2.12 bits per heavy atom. The molecule has 23 heteroatoms. The molecular weight excluding hydrogens is 793 g/mol. The lowest BCUT2D eigenvalue weighted by Crippen LogP contribution is -2.35.